The van der Waals surface area contributed by atoms with Gasteiger partial charge in [-0.05, 0) is 62.9 Å². The fourth-order valence-electron chi connectivity index (χ4n) is 4.03. The molecule has 0 amide bonds. The van der Waals surface area contributed by atoms with Gasteiger partial charge >= 0.3 is 0 Å². The number of likely N-dealkylation sites (tertiary alicyclic amines) is 1. The highest BCUT2D eigenvalue weighted by molar-refractivity contribution is 14.0. The van der Waals surface area contributed by atoms with Crippen molar-refractivity contribution >= 4 is 29.9 Å². The van der Waals surface area contributed by atoms with E-state index in [1.54, 1.807) is 19.2 Å². The van der Waals surface area contributed by atoms with Crippen LogP contribution in [0.1, 0.15) is 31.2 Å². The minimum Gasteiger partial charge on any atom is -0.381 e. The van der Waals surface area contributed by atoms with Gasteiger partial charge in [0.05, 0.1) is 0 Å². The van der Waals surface area contributed by atoms with E-state index in [9.17, 15) is 4.39 Å². The summed E-state index contributed by atoms with van der Waals surface area (Å²) in [6.07, 6.45) is 5.50. The first-order valence-corrected chi connectivity index (χ1v) is 9.74. The molecular weight excluding hydrogens is 458 g/mol. The maximum absolute atomic E-state index is 13.3. The van der Waals surface area contributed by atoms with Gasteiger partial charge < -0.3 is 15.4 Å². The van der Waals surface area contributed by atoms with Crippen LogP contribution in [0, 0.1) is 5.82 Å². The molecule has 2 saturated heterocycles. The third kappa shape index (κ3) is 6.29. The normalized spacial score (nSPS) is 20.1. The standard InChI is InChI=1S/C20H31FN4O.HI/c1-22-19(23-10-7-17-5-4-6-18(21)15-17)24-16-20(8-13-26-14-9-20)25-11-2-3-12-25;/h4-6,15H,2-3,7-14,16H2,1H3,(H2,22,23,24);1H. The number of nitrogens with one attached hydrogen (secondary N) is 2. The van der Waals surface area contributed by atoms with Crippen molar-refractivity contribution in [1.29, 1.82) is 0 Å². The molecular formula is C20H32FIN4O. The van der Waals surface area contributed by atoms with Crippen molar-refractivity contribution in [2.24, 2.45) is 4.99 Å². The number of ether oxygens (including phenoxy) is 1. The van der Waals surface area contributed by atoms with E-state index in [-0.39, 0.29) is 35.3 Å². The van der Waals surface area contributed by atoms with Gasteiger partial charge in [-0.2, -0.15) is 0 Å². The van der Waals surface area contributed by atoms with Crippen LogP contribution < -0.4 is 10.6 Å². The van der Waals surface area contributed by atoms with Gasteiger partial charge in [-0.1, -0.05) is 12.1 Å². The van der Waals surface area contributed by atoms with Crippen molar-refractivity contribution < 1.29 is 9.13 Å². The topological polar surface area (TPSA) is 48.9 Å². The molecule has 27 heavy (non-hydrogen) atoms. The second-order valence-corrected chi connectivity index (χ2v) is 7.26. The van der Waals surface area contributed by atoms with Gasteiger partial charge in [0.15, 0.2) is 5.96 Å². The first-order valence-electron chi connectivity index (χ1n) is 9.74. The van der Waals surface area contributed by atoms with E-state index in [4.69, 9.17) is 4.74 Å². The Balaban J connectivity index is 0.00000261. The fraction of sp³-hybridized carbons (Fsp3) is 0.650. The molecule has 2 fully saturated rings. The first kappa shape index (κ1) is 22.4. The molecule has 2 heterocycles. The first-order chi connectivity index (χ1) is 12.7. The quantitative estimate of drug-likeness (QED) is 0.366. The summed E-state index contributed by atoms with van der Waals surface area (Å²) in [5.74, 6) is 0.628. The molecule has 0 aliphatic carbocycles. The van der Waals surface area contributed by atoms with Crippen molar-refractivity contribution in [3.8, 4) is 0 Å². The monoisotopic (exact) mass is 490 g/mol. The molecule has 0 saturated carbocycles. The number of aliphatic imine (C=N–C) groups is 1. The summed E-state index contributed by atoms with van der Waals surface area (Å²) >= 11 is 0. The highest BCUT2D eigenvalue weighted by Crippen LogP contribution is 2.30. The Bertz CT molecular complexity index is 601. The lowest BCUT2D eigenvalue weighted by molar-refractivity contribution is -0.0164. The summed E-state index contributed by atoms with van der Waals surface area (Å²) in [7, 11) is 1.80. The molecule has 1 aromatic rings. The summed E-state index contributed by atoms with van der Waals surface area (Å²) < 4.78 is 18.9. The number of guanidine groups is 1. The minimum absolute atomic E-state index is 0. The van der Waals surface area contributed by atoms with E-state index in [2.05, 4.69) is 20.5 Å². The minimum atomic E-state index is -0.183. The average molecular weight is 490 g/mol. The molecule has 0 aromatic heterocycles. The lowest BCUT2D eigenvalue weighted by atomic mass is 9.88. The second-order valence-electron chi connectivity index (χ2n) is 7.26. The van der Waals surface area contributed by atoms with E-state index in [0.29, 0.717) is 0 Å². The van der Waals surface area contributed by atoms with Crippen molar-refractivity contribution in [1.82, 2.24) is 15.5 Å². The number of rotatable bonds is 6. The Kier molecular flexibility index (Phi) is 9.25. The third-order valence-corrected chi connectivity index (χ3v) is 5.60. The molecule has 152 valence electrons. The van der Waals surface area contributed by atoms with Gasteiger partial charge in [0.2, 0.25) is 0 Å². The van der Waals surface area contributed by atoms with Crippen molar-refractivity contribution in [3.63, 3.8) is 0 Å². The Labute approximate surface area is 179 Å². The Morgan fingerprint density at radius 2 is 1.96 bits per heavy atom. The smallest absolute Gasteiger partial charge is 0.191 e. The van der Waals surface area contributed by atoms with Crippen LogP contribution in [0.3, 0.4) is 0 Å². The maximum atomic E-state index is 13.3. The highest BCUT2D eigenvalue weighted by atomic mass is 127. The van der Waals surface area contributed by atoms with Gasteiger partial charge in [-0.15, -0.1) is 24.0 Å². The van der Waals surface area contributed by atoms with Crippen LogP contribution in [0.4, 0.5) is 4.39 Å². The van der Waals surface area contributed by atoms with Crippen LogP contribution in [-0.2, 0) is 11.2 Å². The van der Waals surface area contributed by atoms with E-state index >= 15 is 0 Å². The van der Waals surface area contributed by atoms with Gasteiger partial charge in [0.1, 0.15) is 5.82 Å². The fourth-order valence-corrected chi connectivity index (χ4v) is 4.03. The van der Waals surface area contributed by atoms with Gasteiger partial charge in [-0.3, -0.25) is 9.89 Å². The number of nitrogens with zero attached hydrogens (tertiary/aromatic N) is 2. The molecule has 5 nitrogen and oxygen atoms in total. The average Bonchev–Trinajstić information content (AvgIpc) is 3.21. The molecule has 3 rings (SSSR count). The second kappa shape index (κ2) is 11.2. The lowest BCUT2D eigenvalue weighted by Gasteiger charge is -2.45. The van der Waals surface area contributed by atoms with E-state index < -0.39 is 0 Å². The predicted molar refractivity (Wildman–Crippen MR) is 118 cm³/mol. The maximum Gasteiger partial charge on any atom is 0.191 e. The molecule has 0 radical (unpaired) electrons. The number of benzene rings is 1. The van der Waals surface area contributed by atoms with Crippen LogP contribution in [0.2, 0.25) is 0 Å². The Morgan fingerprint density at radius 3 is 2.63 bits per heavy atom. The van der Waals surface area contributed by atoms with Crippen molar-refractivity contribution in [2.45, 2.75) is 37.6 Å². The lowest BCUT2D eigenvalue weighted by Crippen LogP contribution is -2.58. The van der Waals surface area contributed by atoms with Gasteiger partial charge in [0, 0.05) is 38.9 Å². The molecule has 0 unspecified atom stereocenters. The van der Waals surface area contributed by atoms with Gasteiger partial charge in [0.25, 0.3) is 0 Å². The zero-order valence-corrected chi connectivity index (χ0v) is 18.5. The molecule has 0 bridgehead atoms. The van der Waals surface area contributed by atoms with Crippen LogP contribution in [0.5, 0.6) is 0 Å². The molecule has 2 N–H and O–H groups in total. The van der Waals surface area contributed by atoms with Crippen LogP contribution in [0.25, 0.3) is 0 Å². The Hall–Kier alpha value is -0.930. The zero-order valence-electron chi connectivity index (χ0n) is 16.2. The number of hydrogen-bond donors (Lipinski definition) is 2. The summed E-state index contributed by atoms with van der Waals surface area (Å²) in [4.78, 5) is 6.99. The van der Waals surface area contributed by atoms with Gasteiger partial charge in [-0.25, -0.2) is 4.39 Å². The highest BCUT2D eigenvalue weighted by Gasteiger charge is 2.39. The SMILES string of the molecule is CN=C(NCCc1cccc(F)c1)NCC1(N2CCCC2)CCOCC1.I. The largest absolute Gasteiger partial charge is 0.381 e. The van der Waals surface area contributed by atoms with E-state index in [0.717, 1.165) is 57.1 Å². The van der Waals surface area contributed by atoms with Crippen LogP contribution in [0.15, 0.2) is 29.3 Å². The Morgan fingerprint density at radius 1 is 1.22 bits per heavy atom. The molecule has 2 aliphatic heterocycles. The molecule has 1 aromatic carbocycles. The summed E-state index contributed by atoms with van der Waals surface area (Å²) in [6.45, 7) is 5.66. The summed E-state index contributed by atoms with van der Waals surface area (Å²) in [6, 6.07) is 6.76. The summed E-state index contributed by atoms with van der Waals surface area (Å²) in [5.41, 5.74) is 1.17. The van der Waals surface area contributed by atoms with E-state index in [1.165, 1.54) is 32.0 Å². The number of hydrogen-bond acceptors (Lipinski definition) is 3. The third-order valence-electron chi connectivity index (χ3n) is 5.60. The molecule has 0 spiro atoms. The van der Waals surface area contributed by atoms with Crippen molar-refractivity contribution in [2.75, 3.05) is 46.4 Å². The van der Waals surface area contributed by atoms with Crippen LogP contribution in [-0.4, -0.2) is 62.8 Å². The molecule has 0 atom stereocenters. The zero-order chi connectivity index (χ0) is 18.2. The number of halogens is 2. The molecule has 2 aliphatic rings. The predicted octanol–water partition coefficient (Wildman–Crippen LogP) is 2.80. The molecule has 7 heteroatoms. The van der Waals surface area contributed by atoms with Crippen LogP contribution >= 0.6 is 24.0 Å². The summed E-state index contributed by atoms with van der Waals surface area (Å²) in [5, 5.41) is 6.87. The van der Waals surface area contributed by atoms with Crippen molar-refractivity contribution in [3.05, 3.63) is 35.6 Å². The van der Waals surface area contributed by atoms with E-state index in [1.807, 2.05) is 6.07 Å².